The van der Waals surface area contributed by atoms with Crippen LogP contribution in [0.2, 0.25) is 0 Å². The summed E-state index contributed by atoms with van der Waals surface area (Å²) in [4.78, 5) is 21.1. The first-order valence-corrected chi connectivity index (χ1v) is 7.13. The zero-order valence-electron chi connectivity index (χ0n) is 11.7. The largest absolute Gasteiger partial charge is 0.336 e. The summed E-state index contributed by atoms with van der Waals surface area (Å²) in [5.74, 6) is 5.38. The molecule has 3 rings (SSSR count). The van der Waals surface area contributed by atoms with Crippen molar-refractivity contribution in [2.45, 2.75) is 31.3 Å². The van der Waals surface area contributed by atoms with Crippen molar-refractivity contribution in [3.05, 3.63) is 24.0 Å². The van der Waals surface area contributed by atoms with Crippen LogP contribution in [-0.4, -0.2) is 52.9 Å². The Bertz CT molecular complexity index is 506. The smallest absolute Gasteiger partial charge is 0.272 e. The third-order valence-corrected chi connectivity index (χ3v) is 4.58. The third-order valence-electron chi connectivity index (χ3n) is 4.58. The number of anilines is 1. The summed E-state index contributed by atoms with van der Waals surface area (Å²) in [6.07, 6.45) is 5.10. The number of aromatic nitrogens is 1. The van der Waals surface area contributed by atoms with Gasteiger partial charge < -0.3 is 10.3 Å². The molecular weight excluding hydrogens is 254 g/mol. The SMILES string of the molecule is CN1C2CCC1CN(C(=O)c1cc(NN)ccn1)CC2. The fourth-order valence-electron chi connectivity index (χ4n) is 3.29. The van der Waals surface area contributed by atoms with Crippen LogP contribution in [0.3, 0.4) is 0 Å². The van der Waals surface area contributed by atoms with E-state index in [1.165, 1.54) is 12.8 Å². The molecular formula is C14H21N5O. The maximum atomic E-state index is 12.6. The lowest BCUT2D eigenvalue weighted by molar-refractivity contribution is 0.0734. The fourth-order valence-corrected chi connectivity index (χ4v) is 3.29. The molecule has 0 saturated carbocycles. The number of hydrogen-bond donors (Lipinski definition) is 2. The summed E-state index contributed by atoms with van der Waals surface area (Å²) >= 11 is 0. The van der Waals surface area contributed by atoms with Gasteiger partial charge in [-0.25, -0.2) is 0 Å². The zero-order valence-corrected chi connectivity index (χ0v) is 11.7. The van der Waals surface area contributed by atoms with Crippen LogP contribution in [0.15, 0.2) is 18.3 Å². The molecule has 2 aliphatic rings. The molecule has 2 unspecified atom stereocenters. The van der Waals surface area contributed by atoms with Crippen LogP contribution in [0.25, 0.3) is 0 Å². The van der Waals surface area contributed by atoms with Gasteiger partial charge >= 0.3 is 0 Å². The minimum Gasteiger partial charge on any atom is -0.336 e. The van der Waals surface area contributed by atoms with E-state index in [2.05, 4.69) is 22.4 Å². The van der Waals surface area contributed by atoms with E-state index in [0.717, 1.165) is 19.5 Å². The van der Waals surface area contributed by atoms with Crippen LogP contribution in [0.1, 0.15) is 29.8 Å². The maximum Gasteiger partial charge on any atom is 0.272 e. The Labute approximate surface area is 118 Å². The van der Waals surface area contributed by atoms with Gasteiger partial charge in [-0.15, -0.1) is 0 Å². The minimum absolute atomic E-state index is 0.00282. The monoisotopic (exact) mass is 275 g/mol. The van der Waals surface area contributed by atoms with Gasteiger partial charge in [0.2, 0.25) is 0 Å². The number of amides is 1. The number of fused-ring (bicyclic) bond motifs is 2. The van der Waals surface area contributed by atoms with Crippen LogP contribution >= 0.6 is 0 Å². The number of carbonyl (C=O) groups excluding carboxylic acids is 1. The lowest BCUT2D eigenvalue weighted by atomic mass is 10.1. The first kappa shape index (κ1) is 13.3. The van der Waals surface area contributed by atoms with E-state index >= 15 is 0 Å². The van der Waals surface area contributed by atoms with Gasteiger partial charge in [0.05, 0.1) is 5.69 Å². The van der Waals surface area contributed by atoms with Gasteiger partial charge in [-0.2, -0.15) is 0 Å². The van der Waals surface area contributed by atoms with Crippen molar-refractivity contribution in [3.63, 3.8) is 0 Å². The van der Waals surface area contributed by atoms with Crippen molar-refractivity contribution in [2.75, 3.05) is 25.6 Å². The summed E-state index contributed by atoms with van der Waals surface area (Å²) in [6, 6.07) is 4.56. The van der Waals surface area contributed by atoms with Crippen LogP contribution in [0.5, 0.6) is 0 Å². The second-order valence-electron chi connectivity index (χ2n) is 5.66. The topological polar surface area (TPSA) is 74.5 Å². The highest BCUT2D eigenvalue weighted by Crippen LogP contribution is 2.28. The molecule has 2 aliphatic heterocycles. The number of carbonyl (C=O) groups is 1. The van der Waals surface area contributed by atoms with Crippen LogP contribution in [-0.2, 0) is 0 Å². The number of nitrogens with two attached hydrogens (primary N) is 1. The van der Waals surface area contributed by atoms with Gasteiger partial charge in [0.25, 0.3) is 5.91 Å². The van der Waals surface area contributed by atoms with E-state index in [-0.39, 0.29) is 5.91 Å². The highest BCUT2D eigenvalue weighted by Gasteiger charge is 2.36. The molecule has 2 bridgehead atoms. The summed E-state index contributed by atoms with van der Waals surface area (Å²) in [5.41, 5.74) is 3.72. The molecule has 0 radical (unpaired) electrons. The average molecular weight is 275 g/mol. The number of hydrogen-bond acceptors (Lipinski definition) is 5. The van der Waals surface area contributed by atoms with Crippen molar-refractivity contribution in [1.82, 2.24) is 14.8 Å². The molecule has 1 aromatic rings. The van der Waals surface area contributed by atoms with Gasteiger partial charge in [0, 0.05) is 31.4 Å². The molecule has 0 aromatic carbocycles. The molecule has 0 aliphatic carbocycles. The van der Waals surface area contributed by atoms with Gasteiger partial charge in [0.1, 0.15) is 5.69 Å². The predicted molar refractivity (Wildman–Crippen MR) is 77.1 cm³/mol. The van der Waals surface area contributed by atoms with E-state index in [1.807, 2.05) is 4.90 Å². The van der Waals surface area contributed by atoms with E-state index in [1.54, 1.807) is 18.3 Å². The maximum absolute atomic E-state index is 12.6. The minimum atomic E-state index is 0.00282. The summed E-state index contributed by atoms with van der Waals surface area (Å²) in [6.45, 7) is 1.61. The van der Waals surface area contributed by atoms with Gasteiger partial charge in [-0.05, 0) is 38.4 Å². The van der Waals surface area contributed by atoms with Crippen molar-refractivity contribution in [3.8, 4) is 0 Å². The van der Waals surface area contributed by atoms with Crippen LogP contribution in [0.4, 0.5) is 5.69 Å². The van der Waals surface area contributed by atoms with E-state index in [9.17, 15) is 4.79 Å². The second-order valence-corrected chi connectivity index (χ2v) is 5.66. The Hall–Kier alpha value is -1.66. The number of nitrogens with zero attached hydrogens (tertiary/aromatic N) is 3. The molecule has 2 fully saturated rings. The number of likely N-dealkylation sites (N-methyl/N-ethyl adjacent to an activating group) is 1. The number of nitrogen functional groups attached to an aromatic ring is 1. The molecule has 2 saturated heterocycles. The van der Waals surface area contributed by atoms with Crippen LogP contribution < -0.4 is 11.3 Å². The molecule has 2 atom stereocenters. The molecule has 6 heteroatoms. The predicted octanol–water partition coefficient (Wildman–Crippen LogP) is 0.676. The molecule has 3 heterocycles. The van der Waals surface area contributed by atoms with Crippen molar-refractivity contribution in [2.24, 2.45) is 5.84 Å². The lowest BCUT2D eigenvalue weighted by Crippen LogP contribution is -2.40. The standard InChI is InChI=1S/C14H21N5O/c1-18-11-2-3-12(18)9-19(7-5-11)14(20)13-8-10(17-15)4-6-16-13/h4,6,8,11-12H,2-3,5,7,9,15H2,1H3,(H,16,17). The quantitative estimate of drug-likeness (QED) is 0.613. The van der Waals surface area contributed by atoms with Gasteiger partial charge in [-0.3, -0.25) is 20.5 Å². The number of pyridine rings is 1. The molecule has 108 valence electrons. The summed E-state index contributed by atoms with van der Waals surface area (Å²) < 4.78 is 0. The summed E-state index contributed by atoms with van der Waals surface area (Å²) in [7, 11) is 2.17. The average Bonchev–Trinajstić information content (AvgIpc) is 2.71. The molecule has 1 aromatic heterocycles. The van der Waals surface area contributed by atoms with Crippen molar-refractivity contribution >= 4 is 11.6 Å². The van der Waals surface area contributed by atoms with E-state index < -0.39 is 0 Å². The first-order valence-electron chi connectivity index (χ1n) is 7.13. The third kappa shape index (κ3) is 2.36. The number of nitrogens with one attached hydrogen (secondary N) is 1. The van der Waals surface area contributed by atoms with E-state index in [0.29, 0.717) is 23.5 Å². The number of rotatable bonds is 2. The number of likely N-dealkylation sites (tertiary alicyclic amines) is 1. The van der Waals surface area contributed by atoms with Gasteiger partial charge in [0.15, 0.2) is 0 Å². The Morgan fingerprint density at radius 1 is 1.40 bits per heavy atom. The van der Waals surface area contributed by atoms with Crippen molar-refractivity contribution in [1.29, 1.82) is 0 Å². The lowest BCUT2D eigenvalue weighted by Gasteiger charge is -2.25. The summed E-state index contributed by atoms with van der Waals surface area (Å²) in [5, 5.41) is 0. The van der Waals surface area contributed by atoms with Gasteiger partial charge in [-0.1, -0.05) is 0 Å². The Balaban J connectivity index is 1.77. The molecule has 6 nitrogen and oxygen atoms in total. The zero-order chi connectivity index (χ0) is 14.1. The fraction of sp³-hybridized carbons (Fsp3) is 0.571. The highest BCUT2D eigenvalue weighted by atomic mass is 16.2. The molecule has 1 amide bonds. The first-order chi connectivity index (χ1) is 9.69. The Morgan fingerprint density at radius 3 is 3.00 bits per heavy atom. The normalized spacial score (nSPS) is 26.4. The molecule has 20 heavy (non-hydrogen) atoms. The van der Waals surface area contributed by atoms with Crippen LogP contribution in [0, 0.1) is 0 Å². The molecule has 3 N–H and O–H groups in total. The second kappa shape index (κ2) is 5.38. The highest BCUT2D eigenvalue weighted by molar-refractivity contribution is 5.93. The Morgan fingerprint density at radius 2 is 2.20 bits per heavy atom. The van der Waals surface area contributed by atoms with E-state index in [4.69, 9.17) is 5.84 Å². The molecule has 0 spiro atoms. The number of hydrazine groups is 1. The van der Waals surface area contributed by atoms with Crippen molar-refractivity contribution < 1.29 is 4.79 Å². The Kier molecular flexibility index (Phi) is 3.58.